The van der Waals surface area contributed by atoms with Gasteiger partial charge in [-0.25, -0.2) is 0 Å². The average Bonchev–Trinajstić information content (AvgIpc) is 3.27. The SMILES string of the molecule is CC(C)c1c2c(c(C(C)C)c3cc(-c4ccccc4)c(-c4ccccc4)cc13)-c1cccc3cccc-2c13. The third kappa shape index (κ3) is 3.30. The first-order chi connectivity index (χ1) is 18.5. The molecule has 184 valence electrons. The molecule has 0 spiro atoms. The standard InChI is InChI=1S/C38H32/c1-23(2)34-32-21-30(25-13-7-5-8-14-25)31(26-15-9-6-10-16-26)22-33(32)35(24(3)4)38-29-20-12-18-27-17-11-19-28(36(27)29)37(34)38/h5-24H,1-4H3. The highest BCUT2D eigenvalue weighted by Crippen LogP contribution is 2.56. The van der Waals surface area contributed by atoms with Crippen LogP contribution in [0.4, 0.5) is 0 Å². The molecule has 0 aromatic heterocycles. The van der Waals surface area contributed by atoms with E-state index in [1.807, 2.05) is 0 Å². The molecule has 0 heteroatoms. The van der Waals surface area contributed by atoms with E-state index < -0.39 is 0 Å². The molecule has 0 saturated heterocycles. The minimum absolute atomic E-state index is 0.392. The molecule has 0 saturated carbocycles. The second-order valence-corrected chi connectivity index (χ2v) is 11.3. The summed E-state index contributed by atoms with van der Waals surface area (Å²) in [5.74, 6) is 0.784. The Hall–Kier alpha value is -4.16. The van der Waals surface area contributed by atoms with Gasteiger partial charge in [-0.15, -0.1) is 0 Å². The fraction of sp³-hybridized carbons (Fsp3) is 0.158. The van der Waals surface area contributed by atoms with Gasteiger partial charge in [-0.3, -0.25) is 0 Å². The normalized spacial score (nSPS) is 12.2. The van der Waals surface area contributed by atoms with Crippen molar-refractivity contribution in [2.24, 2.45) is 0 Å². The first kappa shape index (κ1) is 23.0. The molecule has 0 amide bonds. The van der Waals surface area contributed by atoms with Crippen LogP contribution in [0.2, 0.25) is 0 Å². The maximum Gasteiger partial charge on any atom is -0.00262 e. The second-order valence-electron chi connectivity index (χ2n) is 11.3. The molecule has 1 aliphatic rings. The Morgan fingerprint density at radius 1 is 0.421 bits per heavy atom. The van der Waals surface area contributed by atoms with Gasteiger partial charge < -0.3 is 0 Å². The zero-order chi connectivity index (χ0) is 26.0. The molecular weight excluding hydrogens is 456 g/mol. The lowest BCUT2D eigenvalue weighted by atomic mass is 9.78. The molecule has 6 aromatic rings. The molecule has 0 bridgehead atoms. The maximum absolute atomic E-state index is 2.50. The van der Waals surface area contributed by atoms with Gasteiger partial charge in [-0.1, -0.05) is 125 Å². The summed E-state index contributed by atoms with van der Waals surface area (Å²) in [7, 11) is 0. The summed E-state index contributed by atoms with van der Waals surface area (Å²) in [5, 5.41) is 5.53. The Balaban J connectivity index is 1.71. The summed E-state index contributed by atoms with van der Waals surface area (Å²) in [6.07, 6.45) is 0. The van der Waals surface area contributed by atoms with E-state index in [0.29, 0.717) is 11.8 Å². The van der Waals surface area contributed by atoms with E-state index in [-0.39, 0.29) is 0 Å². The van der Waals surface area contributed by atoms with Crippen LogP contribution in [0.3, 0.4) is 0 Å². The number of hydrogen-bond acceptors (Lipinski definition) is 0. The fourth-order valence-corrected chi connectivity index (χ4v) is 6.81. The summed E-state index contributed by atoms with van der Waals surface area (Å²) in [5.41, 5.74) is 13.8. The summed E-state index contributed by atoms with van der Waals surface area (Å²) in [4.78, 5) is 0. The Bertz CT molecular complexity index is 1700. The topological polar surface area (TPSA) is 0 Å². The molecule has 6 aromatic carbocycles. The molecule has 0 radical (unpaired) electrons. The van der Waals surface area contributed by atoms with Crippen molar-refractivity contribution in [3.8, 4) is 44.5 Å². The number of rotatable bonds is 4. The third-order valence-corrected chi connectivity index (χ3v) is 8.29. The second kappa shape index (κ2) is 8.71. The zero-order valence-corrected chi connectivity index (χ0v) is 22.5. The fourth-order valence-electron chi connectivity index (χ4n) is 6.81. The van der Waals surface area contributed by atoms with E-state index in [9.17, 15) is 0 Å². The maximum atomic E-state index is 2.50. The van der Waals surface area contributed by atoms with Gasteiger partial charge in [-0.05, 0) is 101 Å². The van der Waals surface area contributed by atoms with Crippen molar-refractivity contribution >= 4 is 21.5 Å². The van der Waals surface area contributed by atoms with Gasteiger partial charge in [0.2, 0.25) is 0 Å². The minimum Gasteiger partial charge on any atom is -0.0622 e. The predicted octanol–water partition coefficient (Wildman–Crippen LogP) is 11.2. The van der Waals surface area contributed by atoms with Crippen molar-refractivity contribution in [3.63, 3.8) is 0 Å². The molecule has 0 heterocycles. The van der Waals surface area contributed by atoms with Gasteiger partial charge in [0.15, 0.2) is 0 Å². The van der Waals surface area contributed by atoms with Crippen LogP contribution in [0, 0.1) is 0 Å². The molecule has 0 unspecified atom stereocenters. The van der Waals surface area contributed by atoms with Crippen LogP contribution in [0.25, 0.3) is 66.1 Å². The Morgan fingerprint density at radius 3 is 1.24 bits per heavy atom. The van der Waals surface area contributed by atoms with Crippen LogP contribution in [-0.4, -0.2) is 0 Å². The average molecular weight is 489 g/mol. The Morgan fingerprint density at radius 2 is 0.842 bits per heavy atom. The van der Waals surface area contributed by atoms with Crippen molar-refractivity contribution in [1.29, 1.82) is 0 Å². The molecular formula is C38H32. The summed E-state index contributed by atoms with van der Waals surface area (Å²) in [6.45, 7) is 9.45. The molecule has 0 aliphatic heterocycles. The van der Waals surface area contributed by atoms with E-state index in [1.54, 1.807) is 0 Å². The van der Waals surface area contributed by atoms with Crippen molar-refractivity contribution in [2.75, 3.05) is 0 Å². The lowest BCUT2D eigenvalue weighted by Gasteiger charge is -2.25. The third-order valence-electron chi connectivity index (χ3n) is 8.29. The van der Waals surface area contributed by atoms with Crippen LogP contribution in [0.15, 0.2) is 109 Å². The highest BCUT2D eigenvalue weighted by Gasteiger charge is 2.31. The van der Waals surface area contributed by atoms with Gasteiger partial charge in [0.05, 0.1) is 0 Å². The summed E-state index contributed by atoms with van der Waals surface area (Å²) >= 11 is 0. The van der Waals surface area contributed by atoms with Gasteiger partial charge in [0.25, 0.3) is 0 Å². The Kier molecular flexibility index (Phi) is 5.27. The Labute approximate surface area is 225 Å². The zero-order valence-electron chi connectivity index (χ0n) is 22.5. The lowest BCUT2D eigenvalue weighted by Crippen LogP contribution is -2.02. The van der Waals surface area contributed by atoms with Gasteiger partial charge in [0, 0.05) is 0 Å². The highest BCUT2D eigenvalue weighted by atomic mass is 14.3. The molecule has 7 rings (SSSR count). The first-order valence-corrected chi connectivity index (χ1v) is 13.9. The summed E-state index contributed by atoms with van der Waals surface area (Å²) in [6, 6.07) is 40.5. The van der Waals surface area contributed by atoms with Crippen LogP contribution in [0.5, 0.6) is 0 Å². The largest absolute Gasteiger partial charge is 0.0622 e. The van der Waals surface area contributed by atoms with Gasteiger partial charge in [0.1, 0.15) is 0 Å². The van der Waals surface area contributed by atoms with Crippen molar-refractivity contribution in [3.05, 3.63) is 120 Å². The van der Waals surface area contributed by atoms with E-state index in [2.05, 4.69) is 137 Å². The quantitative estimate of drug-likeness (QED) is 0.231. The van der Waals surface area contributed by atoms with Crippen LogP contribution in [-0.2, 0) is 0 Å². The van der Waals surface area contributed by atoms with Crippen LogP contribution < -0.4 is 0 Å². The predicted molar refractivity (Wildman–Crippen MR) is 165 cm³/mol. The molecule has 38 heavy (non-hydrogen) atoms. The first-order valence-electron chi connectivity index (χ1n) is 13.9. The summed E-state index contributed by atoms with van der Waals surface area (Å²) < 4.78 is 0. The van der Waals surface area contributed by atoms with E-state index in [1.165, 1.54) is 77.2 Å². The van der Waals surface area contributed by atoms with Crippen LogP contribution >= 0.6 is 0 Å². The molecule has 0 fully saturated rings. The van der Waals surface area contributed by atoms with Gasteiger partial charge in [-0.2, -0.15) is 0 Å². The number of hydrogen-bond donors (Lipinski definition) is 0. The van der Waals surface area contributed by atoms with Gasteiger partial charge >= 0.3 is 0 Å². The van der Waals surface area contributed by atoms with E-state index >= 15 is 0 Å². The molecule has 0 atom stereocenters. The van der Waals surface area contributed by atoms with Crippen LogP contribution in [0.1, 0.15) is 50.7 Å². The van der Waals surface area contributed by atoms with Crippen molar-refractivity contribution in [2.45, 2.75) is 39.5 Å². The number of fused-ring (bicyclic) bond motifs is 4. The molecule has 1 aliphatic carbocycles. The minimum atomic E-state index is 0.392. The smallest absolute Gasteiger partial charge is 0.00262 e. The molecule has 0 nitrogen and oxygen atoms in total. The highest BCUT2D eigenvalue weighted by molar-refractivity contribution is 6.20. The number of benzene rings is 6. The van der Waals surface area contributed by atoms with E-state index in [4.69, 9.17) is 0 Å². The van der Waals surface area contributed by atoms with Crippen molar-refractivity contribution in [1.82, 2.24) is 0 Å². The lowest BCUT2D eigenvalue weighted by molar-refractivity contribution is 0.864. The molecule has 0 N–H and O–H groups in total. The monoisotopic (exact) mass is 488 g/mol. The van der Waals surface area contributed by atoms with Crippen molar-refractivity contribution < 1.29 is 0 Å². The van der Waals surface area contributed by atoms with E-state index in [0.717, 1.165) is 0 Å².